The molecule has 0 unspecified atom stereocenters. The van der Waals surface area contributed by atoms with Crippen LogP contribution in [0.4, 0.5) is 0 Å². The fraction of sp³-hybridized carbons (Fsp3) is 0.500. The molecule has 0 rings (SSSR count). The summed E-state index contributed by atoms with van der Waals surface area (Å²) in [5.41, 5.74) is 4.91. The average molecular weight is 437 g/mol. The Morgan fingerprint density at radius 1 is 1.43 bits per heavy atom. The Balaban J connectivity index is 3.79. The lowest BCUT2D eigenvalue weighted by Crippen LogP contribution is -2.25. The van der Waals surface area contributed by atoms with Crippen LogP contribution in [-0.2, 0) is 4.79 Å². The molecule has 0 saturated heterocycles. The van der Waals surface area contributed by atoms with Gasteiger partial charge in [0.1, 0.15) is 0 Å². The first kappa shape index (κ1) is 8.66. The zero-order valence-electron chi connectivity index (χ0n) is 3.12. The Hall–Kier alpha value is 1.66. The number of alkyl halides is 3. The van der Waals surface area contributed by atoms with Crippen molar-refractivity contribution in [2.24, 2.45) is 5.73 Å². The average Bonchev–Trinajstić information content (AvgIpc) is 1.31. The van der Waals surface area contributed by atoms with E-state index in [1.54, 1.807) is 0 Å². The molecule has 5 heteroatoms. The maximum absolute atomic E-state index is 10.2. The van der Waals surface area contributed by atoms with Crippen molar-refractivity contribution in [3.8, 4) is 0 Å². The number of amides is 1. The second-order valence-electron chi connectivity index (χ2n) is 0.862. The number of carbonyl (C=O) groups excluding carboxylic acids is 1. The van der Waals surface area contributed by atoms with Crippen LogP contribution in [0.15, 0.2) is 0 Å². The summed E-state index contributed by atoms with van der Waals surface area (Å²) < 4.78 is -0.451. The Bertz CT molecular complexity index is 85.4. The van der Waals surface area contributed by atoms with Crippen molar-refractivity contribution >= 4 is 73.7 Å². The zero-order valence-corrected chi connectivity index (χ0v) is 9.59. The van der Waals surface area contributed by atoms with Gasteiger partial charge in [-0.25, -0.2) is 0 Å². The lowest BCUT2D eigenvalue weighted by atomic mass is 10.8. The second kappa shape index (κ2) is 2.99. The predicted octanol–water partition coefficient (Wildman–Crippen LogP) is 1.43. The number of hydrogen-bond acceptors (Lipinski definition) is 1. The van der Waals surface area contributed by atoms with Gasteiger partial charge in [-0.3, -0.25) is 4.79 Å². The summed E-state index contributed by atoms with van der Waals surface area (Å²) >= 11 is 5.90. The number of hydrogen-bond donors (Lipinski definition) is 1. The smallest absolute Gasteiger partial charge is 0.253 e. The zero-order chi connectivity index (χ0) is 6.08. The lowest BCUT2D eigenvalue weighted by molar-refractivity contribution is -0.115. The Labute approximate surface area is 82.4 Å². The highest BCUT2D eigenvalue weighted by Gasteiger charge is 2.24. The number of halogens is 3. The quantitative estimate of drug-likeness (QED) is 0.490. The largest absolute Gasteiger partial charge is 0.367 e. The normalized spacial score (nSPS) is 11.3. The van der Waals surface area contributed by atoms with Crippen molar-refractivity contribution in [3.05, 3.63) is 0 Å². The van der Waals surface area contributed by atoms with Gasteiger partial charge in [-0.2, -0.15) is 0 Å². The minimum Gasteiger partial charge on any atom is -0.367 e. The number of nitrogens with two attached hydrogens (primary N) is 1. The molecular formula is C2H2I3NO. The van der Waals surface area contributed by atoms with Crippen LogP contribution >= 0.6 is 67.8 Å². The first-order valence-electron chi connectivity index (χ1n) is 1.31. The summed E-state index contributed by atoms with van der Waals surface area (Å²) in [5, 5.41) is 0. The van der Waals surface area contributed by atoms with Gasteiger partial charge < -0.3 is 5.73 Å². The third-order valence-corrected chi connectivity index (χ3v) is 1.87. The molecule has 7 heavy (non-hydrogen) atoms. The van der Waals surface area contributed by atoms with Gasteiger partial charge in [0.05, 0.1) is 0 Å². The van der Waals surface area contributed by atoms with Crippen LogP contribution in [0.2, 0.25) is 0 Å². The molecule has 0 heterocycles. The molecule has 0 aliphatic rings. The molecule has 0 fully saturated rings. The Morgan fingerprint density at radius 2 is 1.57 bits per heavy atom. The third kappa shape index (κ3) is 4.18. The van der Waals surface area contributed by atoms with Crippen molar-refractivity contribution < 1.29 is 4.79 Å². The standard InChI is InChI=1S/C2H2I3NO/c3-2(4,5)1(6)7/h(H2,6,7). The fourth-order valence-electron chi connectivity index (χ4n) is 0. The van der Waals surface area contributed by atoms with E-state index in [1.165, 1.54) is 0 Å². The summed E-state index contributed by atoms with van der Waals surface area (Å²) in [6.45, 7) is 0. The predicted molar refractivity (Wildman–Crippen MR) is 54.0 cm³/mol. The summed E-state index contributed by atoms with van der Waals surface area (Å²) in [7, 11) is 0. The van der Waals surface area contributed by atoms with E-state index in [-0.39, 0.29) is 5.91 Å². The van der Waals surface area contributed by atoms with Gasteiger partial charge in [0.2, 0.25) is -0.565 Å². The molecule has 0 spiro atoms. The molecular weight excluding hydrogens is 435 g/mol. The van der Waals surface area contributed by atoms with E-state index in [1.807, 2.05) is 67.8 Å². The molecule has 42 valence electrons. The van der Waals surface area contributed by atoms with Crippen LogP contribution < -0.4 is 5.73 Å². The molecule has 0 aliphatic heterocycles. The lowest BCUT2D eigenvalue weighted by Gasteiger charge is -2.03. The maximum atomic E-state index is 10.2. The number of carbonyl (C=O) groups is 1. The van der Waals surface area contributed by atoms with Crippen LogP contribution in [0.3, 0.4) is 0 Å². The van der Waals surface area contributed by atoms with Gasteiger partial charge in [0.25, 0.3) is 5.91 Å². The topological polar surface area (TPSA) is 43.1 Å². The highest BCUT2D eigenvalue weighted by Crippen LogP contribution is 2.34. The summed E-state index contributed by atoms with van der Waals surface area (Å²) in [6.07, 6.45) is 0. The SMILES string of the molecule is NC(=O)C(I)(I)I. The highest BCUT2D eigenvalue weighted by molar-refractivity contribution is 14.3. The van der Waals surface area contributed by atoms with E-state index in [2.05, 4.69) is 0 Å². The van der Waals surface area contributed by atoms with Gasteiger partial charge in [0.15, 0.2) is 0 Å². The van der Waals surface area contributed by atoms with E-state index < -0.39 is -0.565 Å². The molecule has 0 aliphatic carbocycles. The summed E-state index contributed by atoms with van der Waals surface area (Å²) in [4.78, 5) is 10.2. The van der Waals surface area contributed by atoms with Crippen molar-refractivity contribution in [2.75, 3.05) is 0 Å². The van der Waals surface area contributed by atoms with Crippen LogP contribution in [0.1, 0.15) is 0 Å². The van der Waals surface area contributed by atoms with E-state index in [4.69, 9.17) is 5.73 Å². The molecule has 0 aromatic rings. The molecule has 0 radical (unpaired) electrons. The van der Waals surface area contributed by atoms with Crippen molar-refractivity contribution in [3.63, 3.8) is 0 Å². The van der Waals surface area contributed by atoms with Crippen molar-refractivity contribution in [2.45, 2.75) is -0.565 Å². The van der Waals surface area contributed by atoms with Crippen LogP contribution in [0.5, 0.6) is 0 Å². The fourth-order valence-corrected chi connectivity index (χ4v) is 0. The van der Waals surface area contributed by atoms with Crippen LogP contribution in [0.25, 0.3) is 0 Å². The van der Waals surface area contributed by atoms with Crippen molar-refractivity contribution in [1.29, 1.82) is 0 Å². The van der Waals surface area contributed by atoms with Gasteiger partial charge in [-0.15, -0.1) is 0 Å². The molecule has 0 aromatic heterocycles. The summed E-state index contributed by atoms with van der Waals surface area (Å²) in [6, 6.07) is 0. The van der Waals surface area contributed by atoms with Crippen LogP contribution in [-0.4, -0.2) is 5.34 Å². The molecule has 2 nitrogen and oxygen atoms in total. The Kier molecular flexibility index (Phi) is 3.70. The second-order valence-corrected chi connectivity index (χ2v) is 11.9. The van der Waals surface area contributed by atoms with Gasteiger partial charge in [0, 0.05) is 0 Å². The monoisotopic (exact) mass is 437 g/mol. The van der Waals surface area contributed by atoms with E-state index in [9.17, 15) is 4.79 Å². The minimum atomic E-state index is -0.451. The van der Waals surface area contributed by atoms with E-state index in [0.29, 0.717) is 0 Å². The molecule has 0 atom stereocenters. The first-order valence-corrected chi connectivity index (χ1v) is 4.55. The first-order chi connectivity index (χ1) is 2.94. The maximum Gasteiger partial charge on any atom is 0.253 e. The molecule has 1 amide bonds. The third-order valence-electron chi connectivity index (χ3n) is 0.279. The molecule has 2 N–H and O–H groups in total. The minimum absolute atomic E-state index is 0.297. The van der Waals surface area contributed by atoms with Gasteiger partial charge >= 0.3 is 0 Å². The van der Waals surface area contributed by atoms with E-state index >= 15 is 0 Å². The Morgan fingerprint density at radius 3 is 1.57 bits per heavy atom. The van der Waals surface area contributed by atoms with E-state index in [0.717, 1.165) is 0 Å². The molecule has 0 saturated carbocycles. The van der Waals surface area contributed by atoms with Crippen molar-refractivity contribution in [1.82, 2.24) is 0 Å². The summed E-state index contributed by atoms with van der Waals surface area (Å²) in [5.74, 6) is -0.297. The number of rotatable bonds is 1. The highest BCUT2D eigenvalue weighted by atomic mass is 127. The van der Waals surface area contributed by atoms with Gasteiger partial charge in [-0.1, -0.05) is 0 Å². The number of primary amides is 1. The van der Waals surface area contributed by atoms with Gasteiger partial charge in [-0.05, 0) is 67.8 Å². The van der Waals surface area contributed by atoms with Crippen LogP contribution in [0, 0.1) is 0 Å². The molecule has 0 bridgehead atoms. The molecule has 0 aromatic carbocycles.